The van der Waals surface area contributed by atoms with Gasteiger partial charge >= 0.3 is 6.01 Å². The highest BCUT2D eigenvalue weighted by molar-refractivity contribution is 6.30. The summed E-state index contributed by atoms with van der Waals surface area (Å²) in [7, 11) is 1.64. The molecule has 0 unspecified atom stereocenters. The minimum absolute atomic E-state index is 0.455. The first-order valence-electron chi connectivity index (χ1n) is 8.49. The van der Waals surface area contributed by atoms with Gasteiger partial charge in [0.15, 0.2) is 5.82 Å². The van der Waals surface area contributed by atoms with Gasteiger partial charge in [-0.3, -0.25) is 0 Å². The molecule has 3 rings (SSSR count). The van der Waals surface area contributed by atoms with E-state index in [9.17, 15) is 0 Å². The molecule has 5 nitrogen and oxygen atoms in total. The number of hydrogen-bond donors (Lipinski definition) is 0. The molecular weight excluding hydrogens is 350 g/mol. The van der Waals surface area contributed by atoms with Crippen LogP contribution < -0.4 is 9.47 Å². The zero-order chi connectivity index (χ0) is 18.7. The van der Waals surface area contributed by atoms with E-state index in [0.29, 0.717) is 30.0 Å². The van der Waals surface area contributed by atoms with E-state index < -0.39 is 0 Å². The molecule has 0 amide bonds. The molecule has 3 aromatic rings. The lowest BCUT2D eigenvalue weighted by molar-refractivity contribution is 0.292. The molecular formula is C20H22ClN3O2. The molecule has 0 fully saturated rings. The second-order valence-corrected chi connectivity index (χ2v) is 6.50. The van der Waals surface area contributed by atoms with Crippen molar-refractivity contribution in [3.8, 4) is 23.1 Å². The molecule has 0 saturated heterocycles. The molecule has 136 valence electrons. The maximum atomic E-state index is 6.14. The molecule has 0 radical (unpaired) electrons. The van der Waals surface area contributed by atoms with Crippen LogP contribution in [-0.4, -0.2) is 28.5 Å². The molecule has 0 saturated carbocycles. The third-order valence-corrected chi connectivity index (χ3v) is 4.47. The summed E-state index contributed by atoms with van der Waals surface area (Å²) in [6.07, 6.45) is 0. The Bertz CT molecular complexity index is 921. The summed E-state index contributed by atoms with van der Waals surface area (Å²) < 4.78 is 12.9. The fourth-order valence-corrected chi connectivity index (χ4v) is 2.90. The van der Waals surface area contributed by atoms with Crippen LogP contribution >= 0.6 is 11.6 Å². The lowest BCUT2D eigenvalue weighted by atomic mass is 10.1. The van der Waals surface area contributed by atoms with Crippen LogP contribution in [0.2, 0.25) is 5.02 Å². The molecule has 0 aliphatic heterocycles. The number of aromatic nitrogens is 3. The normalized spacial score (nSPS) is 10.8. The van der Waals surface area contributed by atoms with E-state index in [4.69, 9.17) is 21.1 Å². The average molecular weight is 372 g/mol. The van der Waals surface area contributed by atoms with Crippen LogP contribution in [-0.2, 0) is 6.54 Å². The number of rotatable bonds is 6. The van der Waals surface area contributed by atoms with Crippen molar-refractivity contribution in [1.29, 1.82) is 0 Å². The molecule has 1 heterocycles. The molecule has 0 atom stereocenters. The van der Waals surface area contributed by atoms with Crippen molar-refractivity contribution in [1.82, 2.24) is 14.8 Å². The Morgan fingerprint density at radius 1 is 1.08 bits per heavy atom. The molecule has 0 aliphatic carbocycles. The van der Waals surface area contributed by atoms with Gasteiger partial charge in [-0.25, -0.2) is 4.68 Å². The predicted molar refractivity (Wildman–Crippen MR) is 103 cm³/mol. The predicted octanol–water partition coefficient (Wildman–Crippen LogP) is 4.67. The lowest BCUT2D eigenvalue weighted by Gasteiger charge is -2.10. The van der Waals surface area contributed by atoms with Gasteiger partial charge in [-0.1, -0.05) is 23.7 Å². The summed E-state index contributed by atoms with van der Waals surface area (Å²) in [5.74, 6) is 1.39. The van der Waals surface area contributed by atoms with Crippen LogP contribution in [0.3, 0.4) is 0 Å². The van der Waals surface area contributed by atoms with Gasteiger partial charge in [-0.15, -0.1) is 5.10 Å². The molecule has 26 heavy (non-hydrogen) atoms. The second kappa shape index (κ2) is 7.79. The van der Waals surface area contributed by atoms with Crippen molar-refractivity contribution in [3.63, 3.8) is 0 Å². The summed E-state index contributed by atoms with van der Waals surface area (Å²) in [5, 5.41) is 5.30. The van der Waals surface area contributed by atoms with Crippen LogP contribution in [0.25, 0.3) is 11.4 Å². The van der Waals surface area contributed by atoms with Crippen molar-refractivity contribution in [2.45, 2.75) is 27.3 Å². The van der Waals surface area contributed by atoms with Crippen molar-refractivity contribution in [3.05, 3.63) is 58.1 Å². The summed E-state index contributed by atoms with van der Waals surface area (Å²) in [6.45, 7) is 7.06. The average Bonchev–Trinajstić information content (AvgIpc) is 3.01. The number of methoxy groups -OCH3 is 1. The first-order chi connectivity index (χ1) is 12.5. The standard InChI is InChI=1S/C20H22ClN3O2/c1-5-26-20-22-19(15-7-6-13(2)14(3)10-15)23-24(20)12-16-11-17(21)8-9-18(16)25-4/h6-11H,5,12H2,1-4H3. The number of hydrogen-bond acceptors (Lipinski definition) is 4. The first kappa shape index (κ1) is 18.3. The monoisotopic (exact) mass is 371 g/mol. The van der Waals surface area contributed by atoms with Gasteiger partial charge in [0.05, 0.1) is 20.3 Å². The fraction of sp³-hybridized carbons (Fsp3) is 0.300. The summed E-state index contributed by atoms with van der Waals surface area (Å²) in [4.78, 5) is 4.57. The highest BCUT2D eigenvalue weighted by atomic mass is 35.5. The molecule has 0 spiro atoms. The van der Waals surface area contributed by atoms with Gasteiger partial charge in [0.1, 0.15) is 5.75 Å². The fourth-order valence-electron chi connectivity index (χ4n) is 2.70. The third kappa shape index (κ3) is 3.83. The van der Waals surface area contributed by atoms with Crippen molar-refractivity contribution >= 4 is 11.6 Å². The van der Waals surface area contributed by atoms with Crippen LogP contribution in [0.15, 0.2) is 36.4 Å². The van der Waals surface area contributed by atoms with E-state index in [-0.39, 0.29) is 0 Å². The summed E-state index contributed by atoms with van der Waals surface area (Å²) in [5.41, 5.74) is 4.32. The van der Waals surface area contributed by atoms with Gasteiger partial charge in [0.25, 0.3) is 0 Å². The Morgan fingerprint density at radius 2 is 1.88 bits per heavy atom. The van der Waals surface area contributed by atoms with Crippen LogP contribution in [0, 0.1) is 13.8 Å². The third-order valence-electron chi connectivity index (χ3n) is 4.24. The number of ether oxygens (including phenoxy) is 2. The van der Waals surface area contributed by atoms with Crippen LogP contribution in [0.4, 0.5) is 0 Å². The minimum Gasteiger partial charge on any atom is -0.496 e. The van der Waals surface area contributed by atoms with E-state index in [1.54, 1.807) is 17.9 Å². The van der Waals surface area contributed by atoms with Crippen LogP contribution in [0.1, 0.15) is 23.6 Å². The molecule has 0 bridgehead atoms. The van der Waals surface area contributed by atoms with E-state index in [1.165, 1.54) is 11.1 Å². The van der Waals surface area contributed by atoms with Gasteiger partial charge in [0, 0.05) is 16.1 Å². The molecule has 0 N–H and O–H groups in total. The quantitative estimate of drug-likeness (QED) is 0.631. The Labute approximate surface area is 158 Å². The highest BCUT2D eigenvalue weighted by Gasteiger charge is 2.15. The zero-order valence-electron chi connectivity index (χ0n) is 15.4. The number of benzene rings is 2. The second-order valence-electron chi connectivity index (χ2n) is 6.06. The van der Waals surface area contributed by atoms with E-state index >= 15 is 0 Å². The summed E-state index contributed by atoms with van der Waals surface area (Å²) >= 11 is 6.14. The maximum Gasteiger partial charge on any atom is 0.315 e. The topological polar surface area (TPSA) is 49.2 Å². The first-order valence-corrected chi connectivity index (χ1v) is 8.87. The number of aryl methyl sites for hydroxylation is 2. The van der Waals surface area contributed by atoms with Gasteiger partial charge in [-0.05, 0) is 56.2 Å². The van der Waals surface area contributed by atoms with Gasteiger partial charge in [0.2, 0.25) is 0 Å². The largest absolute Gasteiger partial charge is 0.496 e. The molecule has 1 aromatic heterocycles. The summed E-state index contributed by atoms with van der Waals surface area (Å²) in [6, 6.07) is 12.2. The molecule has 2 aromatic carbocycles. The number of nitrogens with zero attached hydrogens (tertiary/aromatic N) is 3. The Hall–Kier alpha value is -2.53. The minimum atomic E-state index is 0.455. The molecule has 6 heteroatoms. The van der Waals surface area contributed by atoms with Gasteiger partial charge in [-0.2, -0.15) is 4.98 Å². The van der Waals surface area contributed by atoms with Crippen LogP contribution in [0.5, 0.6) is 11.8 Å². The van der Waals surface area contributed by atoms with Crippen molar-refractivity contribution < 1.29 is 9.47 Å². The Morgan fingerprint density at radius 3 is 2.58 bits per heavy atom. The maximum absolute atomic E-state index is 6.14. The highest BCUT2D eigenvalue weighted by Crippen LogP contribution is 2.26. The number of halogens is 1. The van der Waals surface area contributed by atoms with E-state index in [1.807, 2.05) is 25.1 Å². The zero-order valence-corrected chi connectivity index (χ0v) is 16.2. The molecule has 0 aliphatic rings. The Kier molecular flexibility index (Phi) is 5.47. The Balaban J connectivity index is 2.00. The van der Waals surface area contributed by atoms with Gasteiger partial charge < -0.3 is 9.47 Å². The van der Waals surface area contributed by atoms with Crippen molar-refractivity contribution in [2.75, 3.05) is 13.7 Å². The van der Waals surface area contributed by atoms with E-state index in [2.05, 4.69) is 36.1 Å². The smallest absolute Gasteiger partial charge is 0.315 e. The van der Waals surface area contributed by atoms with E-state index in [0.717, 1.165) is 16.9 Å². The van der Waals surface area contributed by atoms with Crippen molar-refractivity contribution in [2.24, 2.45) is 0 Å². The lowest BCUT2D eigenvalue weighted by Crippen LogP contribution is -2.07. The SMILES string of the molecule is CCOc1nc(-c2ccc(C)c(C)c2)nn1Cc1cc(Cl)ccc1OC.